The van der Waals surface area contributed by atoms with Crippen LogP contribution >= 0.6 is 0 Å². The number of carboxylic acids is 1. The number of ether oxygens (including phenoxy) is 3. The number of carboxylic acid groups (broad SMARTS) is 1. The van der Waals surface area contributed by atoms with Gasteiger partial charge in [0.15, 0.2) is 0 Å². The van der Waals surface area contributed by atoms with Gasteiger partial charge in [-0.3, -0.25) is 9.69 Å². The molecule has 48 heavy (non-hydrogen) atoms. The van der Waals surface area contributed by atoms with E-state index in [0.29, 0.717) is 25.7 Å². The normalized spacial score (nSPS) is 18.2. The van der Waals surface area contributed by atoms with Crippen LogP contribution in [-0.2, 0) is 19.9 Å². The molecule has 0 amide bonds. The van der Waals surface area contributed by atoms with Crippen molar-refractivity contribution in [3.63, 3.8) is 0 Å². The zero-order chi connectivity index (χ0) is 34.4. The Morgan fingerprint density at radius 3 is 1.83 bits per heavy atom. The maximum absolute atomic E-state index is 13.0. The quantitative estimate of drug-likeness (QED) is 0.0735. The van der Waals surface area contributed by atoms with Crippen LogP contribution < -0.4 is 9.47 Å². The molecule has 260 valence electrons. The Balaban J connectivity index is 1.63. The summed E-state index contributed by atoms with van der Waals surface area (Å²) in [5, 5.41) is 21.5. The van der Waals surface area contributed by atoms with Gasteiger partial charge in [0.2, 0.25) is 0 Å². The van der Waals surface area contributed by atoms with Crippen LogP contribution in [0.2, 0.25) is 0 Å². The minimum Gasteiger partial charge on any atom is -0.497 e. The molecule has 3 aromatic carbocycles. The van der Waals surface area contributed by atoms with E-state index in [2.05, 4.69) is 12.1 Å². The van der Waals surface area contributed by atoms with Crippen LogP contribution in [0.5, 0.6) is 11.5 Å². The number of aliphatic carboxylic acids is 1. The average Bonchev–Trinajstić information content (AvgIpc) is 3.12. The summed E-state index contributed by atoms with van der Waals surface area (Å²) in [5.74, 6) is 0.589. The number of hydrogen-bond acceptors (Lipinski definition) is 7. The molecule has 0 spiro atoms. The molecule has 8 heteroatoms. The summed E-state index contributed by atoms with van der Waals surface area (Å²) in [5.41, 5.74) is 0.584. The molecule has 2 N–H and O–H groups in total. The van der Waals surface area contributed by atoms with E-state index in [1.54, 1.807) is 21.1 Å². The number of carbonyl (C=O) groups excluding carboxylic acids is 1. The molecule has 0 aliphatic carbocycles. The zero-order valence-electron chi connectivity index (χ0n) is 28.8. The molecule has 3 aromatic rings. The van der Waals surface area contributed by atoms with Crippen molar-refractivity contribution in [2.45, 2.75) is 101 Å². The Kier molecular flexibility index (Phi) is 14.0. The van der Waals surface area contributed by atoms with Crippen molar-refractivity contribution in [2.24, 2.45) is 0 Å². The number of nitrogens with zero attached hydrogens (tertiary/aromatic N) is 1. The average molecular weight is 660 g/mol. The van der Waals surface area contributed by atoms with Crippen molar-refractivity contribution in [3.8, 4) is 11.5 Å². The van der Waals surface area contributed by atoms with Crippen LogP contribution in [0.25, 0.3) is 0 Å². The molecular formula is C40H53NO7. The Morgan fingerprint density at radius 1 is 0.792 bits per heavy atom. The van der Waals surface area contributed by atoms with E-state index in [1.165, 1.54) is 0 Å². The molecule has 0 saturated carbocycles. The van der Waals surface area contributed by atoms with Crippen molar-refractivity contribution < 1.29 is 34.0 Å². The summed E-state index contributed by atoms with van der Waals surface area (Å²) in [6.07, 6.45) is 9.59. The number of hydrogen-bond donors (Lipinski definition) is 2. The number of methoxy groups -OCH3 is 2. The second-order valence-electron chi connectivity index (χ2n) is 13.1. The van der Waals surface area contributed by atoms with Crippen molar-refractivity contribution in [3.05, 3.63) is 95.6 Å². The number of β-amino-alcohol motifs (C(OH)–C–C–N with tert-alkyl or cyclic N) is 1. The lowest BCUT2D eigenvalue weighted by Gasteiger charge is -2.48. The monoisotopic (exact) mass is 659 g/mol. The minimum atomic E-state index is -1.16. The first-order chi connectivity index (χ1) is 23.3. The second-order valence-corrected chi connectivity index (χ2v) is 13.1. The Morgan fingerprint density at radius 2 is 1.31 bits per heavy atom. The van der Waals surface area contributed by atoms with Crippen LogP contribution in [0.15, 0.2) is 78.9 Å². The van der Waals surface area contributed by atoms with E-state index in [9.17, 15) is 19.8 Å². The fourth-order valence-electron chi connectivity index (χ4n) is 7.04. The molecule has 1 unspecified atom stereocenters. The maximum Gasteiger partial charge on any atom is 0.323 e. The predicted molar refractivity (Wildman–Crippen MR) is 188 cm³/mol. The van der Waals surface area contributed by atoms with Gasteiger partial charge in [0.25, 0.3) is 0 Å². The number of benzene rings is 3. The van der Waals surface area contributed by atoms with E-state index >= 15 is 0 Å². The number of likely N-dealkylation sites (tertiary alicyclic amines) is 1. The van der Waals surface area contributed by atoms with E-state index in [1.807, 2.05) is 71.6 Å². The molecule has 0 radical (unpaired) electrons. The standard InChI is InChI=1S/C40H53NO7/c1-39(38(44)45,27-13-8-6-4-5-7-9-14-28-42)41-29-35(43)22-21-34(41)30-48-40(31-15-11-10-12-16-31,32-17-23-36(46-2)24-18-32)33-19-25-37(47-3)26-20-33/h10-12,15-20,23-26,28,34-35,43H,4-9,13-14,21-22,27,29-30H2,1-3H3,(H,44,45)/t34-,35-,39?/m1/s1. The summed E-state index contributed by atoms with van der Waals surface area (Å²) in [6, 6.07) is 25.6. The molecule has 0 bridgehead atoms. The van der Waals surface area contributed by atoms with Crippen molar-refractivity contribution in [1.29, 1.82) is 0 Å². The third-order valence-corrected chi connectivity index (χ3v) is 9.93. The molecule has 1 heterocycles. The van der Waals surface area contributed by atoms with Crippen LogP contribution in [0.1, 0.15) is 94.2 Å². The minimum absolute atomic E-state index is 0.230. The highest BCUT2D eigenvalue weighted by molar-refractivity contribution is 5.78. The lowest BCUT2D eigenvalue weighted by Crippen LogP contribution is -2.62. The van der Waals surface area contributed by atoms with Crippen molar-refractivity contribution >= 4 is 12.3 Å². The summed E-state index contributed by atoms with van der Waals surface area (Å²) in [4.78, 5) is 25.5. The summed E-state index contributed by atoms with van der Waals surface area (Å²) < 4.78 is 18.2. The fraction of sp³-hybridized carbons (Fsp3) is 0.500. The SMILES string of the molecule is COc1ccc(C(OC[C@H]2CC[C@@H](O)CN2C(C)(CCCCCCCCCC=O)C(=O)O)(c2ccccc2)c2ccc(OC)cc2)cc1. The molecule has 1 aliphatic heterocycles. The molecule has 1 saturated heterocycles. The highest BCUT2D eigenvalue weighted by Crippen LogP contribution is 2.43. The molecule has 8 nitrogen and oxygen atoms in total. The fourth-order valence-corrected chi connectivity index (χ4v) is 7.04. The van der Waals surface area contributed by atoms with E-state index in [-0.39, 0.29) is 19.2 Å². The van der Waals surface area contributed by atoms with Gasteiger partial charge < -0.3 is 29.2 Å². The number of aliphatic hydroxyl groups excluding tert-OH is 1. The first-order valence-corrected chi connectivity index (χ1v) is 17.4. The van der Waals surface area contributed by atoms with Crippen LogP contribution in [0, 0.1) is 0 Å². The third-order valence-electron chi connectivity index (χ3n) is 9.93. The molecule has 3 atom stereocenters. The van der Waals surface area contributed by atoms with Gasteiger partial charge in [0, 0.05) is 19.0 Å². The molecular weight excluding hydrogens is 606 g/mol. The van der Waals surface area contributed by atoms with Gasteiger partial charge in [-0.2, -0.15) is 0 Å². The Bertz CT molecular complexity index is 1350. The predicted octanol–water partition coefficient (Wildman–Crippen LogP) is 7.39. The molecule has 4 rings (SSSR count). The third kappa shape index (κ3) is 9.04. The lowest BCUT2D eigenvalue weighted by molar-refractivity contribution is -0.159. The number of piperidine rings is 1. The number of aliphatic hydroxyl groups is 1. The smallest absolute Gasteiger partial charge is 0.323 e. The summed E-state index contributed by atoms with van der Waals surface area (Å²) in [7, 11) is 3.28. The van der Waals surface area contributed by atoms with Gasteiger partial charge >= 0.3 is 5.97 Å². The first-order valence-electron chi connectivity index (χ1n) is 17.4. The number of carbonyl (C=O) groups is 2. The zero-order valence-corrected chi connectivity index (χ0v) is 28.8. The van der Waals surface area contributed by atoms with Crippen LogP contribution in [0.3, 0.4) is 0 Å². The van der Waals surface area contributed by atoms with Gasteiger partial charge in [-0.25, -0.2) is 0 Å². The molecule has 1 fully saturated rings. The van der Waals surface area contributed by atoms with Gasteiger partial charge in [-0.1, -0.05) is 93.1 Å². The van der Waals surface area contributed by atoms with E-state index in [4.69, 9.17) is 14.2 Å². The topological polar surface area (TPSA) is 106 Å². The van der Waals surface area contributed by atoms with E-state index < -0.39 is 23.2 Å². The number of unbranched alkanes of at least 4 members (excludes halogenated alkanes) is 7. The first kappa shape index (κ1) is 37.1. The van der Waals surface area contributed by atoms with E-state index in [0.717, 1.165) is 79.4 Å². The molecule has 1 aliphatic rings. The lowest BCUT2D eigenvalue weighted by atomic mass is 9.79. The summed E-state index contributed by atoms with van der Waals surface area (Å²) >= 11 is 0. The highest BCUT2D eigenvalue weighted by atomic mass is 16.5. The summed E-state index contributed by atoms with van der Waals surface area (Å²) in [6.45, 7) is 2.33. The largest absolute Gasteiger partial charge is 0.497 e. The van der Waals surface area contributed by atoms with Gasteiger partial charge in [-0.15, -0.1) is 0 Å². The molecule has 0 aromatic heterocycles. The number of aldehydes is 1. The highest BCUT2D eigenvalue weighted by Gasteiger charge is 2.46. The van der Waals surface area contributed by atoms with Crippen molar-refractivity contribution in [1.82, 2.24) is 4.90 Å². The van der Waals surface area contributed by atoms with Gasteiger partial charge in [0.1, 0.15) is 28.9 Å². The van der Waals surface area contributed by atoms with Gasteiger partial charge in [0.05, 0.1) is 26.9 Å². The van der Waals surface area contributed by atoms with Crippen LogP contribution in [-0.4, -0.2) is 72.4 Å². The number of rotatable bonds is 20. The second kappa shape index (κ2) is 18.2. The maximum atomic E-state index is 13.0. The Labute approximate surface area is 286 Å². The van der Waals surface area contributed by atoms with Crippen molar-refractivity contribution in [2.75, 3.05) is 27.4 Å². The Hall–Kier alpha value is -3.72. The van der Waals surface area contributed by atoms with Crippen LogP contribution in [0.4, 0.5) is 0 Å². The van der Waals surface area contributed by atoms with Gasteiger partial charge in [-0.05, 0) is 73.6 Å².